The van der Waals surface area contributed by atoms with Gasteiger partial charge in [0.15, 0.2) is 0 Å². The molecule has 4 rings (SSSR count). The molecule has 1 saturated heterocycles. The second kappa shape index (κ2) is 9.92. The van der Waals surface area contributed by atoms with Crippen molar-refractivity contribution in [3.63, 3.8) is 0 Å². The Hall–Kier alpha value is -2.93. The SMILES string of the molecule is CCOc1ccccc1C(=O)NCCCC(=O)N1CCCC1c1nc2ccccc2s1. The number of carbonyl (C=O) groups excluding carboxylic acids is 2. The molecule has 1 aromatic heterocycles. The van der Waals surface area contributed by atoms with Gasteiger partial charge >= 0.3 is 0 Å². The summed E-state index contributed by atoms with van der Waals surface area (Å²) in [5, 5.41) is 3.93. The van der Waals surface area contributed by atoms with Gasteiger partial charge in [-0.1, -0.05) is 24.3 Å². The Balaban J connectivity index is 1.30. The molecular formula is C24H27N3O3S. The maximum atomic E-state index is 12.9. The lowest BCUT2D eigenvalue weighted by Gasteiger charge is -2.23. The quantitative estimate of drug-likeness (QED) is 0.524. The van der Waals surface area contributed by atoms with Crippen LogP contribution >= 0.6 is 11.3 Å². The number of para-hydroxylation sites is 2. The molecule has 0 spiro atoms. The average Bonchev–Trinajstić information content (AvgIpc) is 3.44. The molecule has 1 N–H and O–H groups in total. The van der Waals surface area contributed by atoms with E-state index < -0.39 is 0 Å². The van der Waals surface area contributed by atoms with Gasteiger partial charge in [0, 0.05) is 19.5 Å². The number of thiazole rings is 1. The minimum Gasteiger partial charge on any atom is -0.493 e. The third kappa shape index (κ3) is 4.88. The predicted octanol–water partition coefficient (Wildman–Crippen LogP) is 4.57. The van der Waals surface area contributed by atoms with Crippen LogP contribution in [0.4, 0.5) is 0 Å². The zero-order valence-corrected chi connectivity index (χ0v) is 18.5. The zero-order chi connectivity index (χ0) is 21.6. The van der Waals surface area contributed by atoms with E-state index in [1.165, 1.54) is 0 Å². The number of benzene rings is 2. The van der Waals surface area contributed by atoms with Gasteiger partial charge in [-0.2, -0.15) is 0 Å². The fraction of sp³-hybridized carbons (Fsp3) is 0.375. The van der Waals surface area contributed by atoms with E-state index in [2.05, 4.69) is 11.4 Å². The maximum absolute atomic E-state index is 12.9. The van der Waals surface area contributed by atoms with Gasteiger partial charge < -0.3 is 15.0 Å². The Bertz CT molecular complexity index is 1030. The third-order valence-corrected chi connectivity index (χ3v) is 6.59. The smallest absolute Gasteiger partial charge is 0.255 e. The first-order valence-electron chi connectivity index (χ1n) is 10.8. The van der Waals surface area contributed by atoms with Crippen molar-refractivity contribution in [1.82, 2.24) is 15.2 Å². The second-order valence-electron chi connectivity index (χ2n) is 7.55. The minimum absolute atomic E-state index is 0.0672. The van der Waals surface area contributed by atoms with E-state index in [-0.39, 0.29) is 17.9 Å². The molecule has 31 heavy (non-hydrogen) atoms. The van der Waals surface area contributed by atoms with E-state index in [9.17, 15) is 9.59 Å². The molecule has 0 aliphatic carbocycles. The Morgan fingerprint density at radius 2 is 2.00 bits per heavy atom. The van der Waals surface area contributed by atoms with Crippen LogP contribution in [-0.4, -0.2) is 41.4 Å². The van der Waals surface area contributed by atoms with Gasteiger partial charge in [0.2, 0.25) is 5.91 Å². The summed E-state index contributed by atoms with van der Waals surface area (Å²) in [6.07, 6.45) is 2.97. The number of hydrogen-bond acceptors (Lipinski definition) is 5. The fourth-order valence-electron chi connectivity index (χ4n) is 3.97. The summed E-state index contributed by atoms with van der Waals surface area (Å²) in [5.41, 5.74) is 1.52. The number of nitrogens with zero attached hydrogens (tertiary/aromatic N) is 2. The van der Waals surface area contributed by atoms with Crippen molar-refractivity contribution in [2.24, 2.45) is 0 Å². The molecule has 1 aliphatic heterocycles. The molecule has 1 unspecified atom stereocenters. The van der Waals surface area contributed by atoms with E-state index in [4.69, 9.17) is 9.72 Å². The van der Waals surface area contributed by atoms with Crippen LogP contribution in [0.5, 0.6) is 5.75 Å². The molecule has 162 valence electrons. The Labute approximate surface area is 186 Å². The second-order valence-corrected chi connectivity index (χ2v) is 8.62. The molecule has 2 heterocycles. The standard InChI is InChI=1S/C24H27N3O3S/c1-2-30-20-12-5-3-9-17(20)23(29)25-15-7-14-22(28)27-16-8-11-19(27)24-26-18-10-4-6-13-21(18)31-24/h3-6,9-10,12-13,19H,2,7-8,11,14-16H2,1H3,(H,25,29). The predicted molar refractivity (Wildman–Crippen MR) is 122 cm³/mol. The van der Waals surface area contributed by atoms with Gasteiger partial charge in [0.25, 0.3) is 5.91 Å². The lowest BCUT2D eigenvalue weighted by atomic mass is 10.2. The molecule has 1 fully saturated rings. The van der Waals surface area contributed by atoms with Crippen LogP contribution in [0.25, 0.3) is 10.2 Å². The van der Waals surface area contributed by atoms with Crippen LogP contribution in [0.2, 0.25) is 0 Å². The highest BCUT2D eigenvalue weighted by atomic mass is 32.1. The molecule has 6 nitrogen and oxygen atoms in total. The highest BCUT2D eigenvalue weighted by Crippen LogP contribution is 2.36. The lowest BCUT2D eigenvalue weighted by Crippen LogP contribution is -2.31. The summed E-state index contributed by atoms with van der Waals surface area (Å²) in [6.45, 7) is 3.61. The van der Waals surface area contributed by atoms with Gasteiger partial charge in [-0.15, -0.1) is 11.3 Å². The largest absolute Gasteiger partial charge is 0.493 e. The molecule has 3 aromatic rings. The lowest BCUT2D eigenvalue weighted by molar-refractivity contribution is -0.132. The van der Waals surface area contributed by atoms with Crippen LogP contribution in [0, 0.1) is 0 Å². The summed E-state index contributed by atoms with van der Waals surface area (Å²) in [4.78, 5) is 32.1. The normalized spacial score (nSPS) is 15.9. The molecule has 0 radical (unpaired) electrons. The summed E-state index contributed by atoms with van der Waals surface area (Å²) in [7, 11) is 0. The minimum atomic E-state index is -0.176. The monoisotopic (exact) mass is 437 g/mol. The van der Waals surface area contributed by atoms with Crippen LogP contribution in [0.15, 0.2) is 48.5 Å². The molecule has 7 heteroatoms. The van der Waals surface area contributed by atoms with Gasteiger partial charge in [0.1, 0.15) is 10.8 Å². The number of aromatic nitrogens is 1. The van der Waals surface area contributed by atoms with Crippen molar-refractivity contribution in [3.8, 4) is 5.75 Å². The van der Waals surface area contributed by atoms with E-state index in [1.807, 2.05) is 42.2 Å². The molecule has 1 atom stereocenters. The Kier molecular flexibility index (Phi) is 6.82. The third-order valence-electron chi connectivity index (χ3n) is 5.45. The zero-order valence-electron chi connectivity index (χ0n) is 17.7. The first-order chi connectivity index (χ1) is 15.2. The molecule has 2 amide bonds. The highest BCUT2D eigenvalue weighted by Gasteiger charge is 2.31. The van der Waals surface area contributed by atoms with E-state index in [0.717, 1.165) is 34.6 Å². The number of ether oxygens (including phenoxy) is 1. The average molecular weight is 438 g/mol. The van der Waals surface area contributed by atoms with Gasteiger partial charge in [0.05, 0.1) is 28.4 Å². The highest BCUT2D eigenvalue weighted by molar-refractivity contribution is 7.18. The van der Waals surface area contributed by atoms with Crippen molar-refractivity contribution in [2.75, 3.05) is 19.7 Å². The number of hydrogen-bond donors (Lipinski definition) is 1. The van der Waals surface area contributed by atoms with Crippen LogP contribution in [0.3, 0.4) is 0 Å². The van der Waals surface area contributed by atoms with Crippen molar-refractivity contribution in [3.05, 3.63) is 59.1 Å². The first kappa shape index (κ1) is 21.3. The molecule has 1 aliphatic rings. The number of nitrogens with one attached hydrogen (secondary N) is 1. The number of carbonyl (C=O) groups is 2. The Morgan fingerprint density at radius 1 is 1.19 bits per heavy atom. The summed E-state index contributed by atoms with van der Waals surface area (Å²) >= 11 is 1.68. The number of fused-ring (bicyclic) bond motifs is 1. The van der Waals surface area contributed by atoms with Crippen LogP contribution in [-0.2, 0) is 4.79 Å². The van der Waals surface area contributed by atoms with Crippen molar-refractivity contribution in [2.45, 2.75) is 38.6 Å². The van der Waals surface area contributed by atoms with Crippen molar-refractivity contribution >= 4 is 33.4 Å². The van der Waals surface area contributed by atoms with Gasteiger partial charge in [-0.3, -0.25) is 9.59 Å². The molecular weight excluding hydrogens is 410 g/mol. The Morgan fingerprint density at radius 3 is 2.84 bits per heavy atom. The van der Waals surface area contributed by atoms with Crippen LogP contribution in [0.1, 0.15) is 54.0 Å². The molecule has 2 aromatic carbocycles. The number of likely N-dealkylation sites (tertiary alicyclic amines) is 1. The summed E-state index contributed by atoms with van der Waals surface area (Å²) < 4.78 is 6.68. The van der Waals surface area contributed by atoms with Gasteiger partial charge in [-0.25, -0.2) is 4.98 Å². The first-order valence-corrected chi connectivity index (χ1v) is 11.6. The van der Waals surface area contributed by atoms with Crippen molar-refractivity contribution < 1.29 is 14.3 Å². The van der Waals surface area contributed by atoms with Crippen molar-refractivity contribution in [1.29, 1.82) is 0 Å². The fourth-order valence-corrected chi connectivity index (χ4v) is 5.09. The van der Waals surface area contributed by atoms with E-state index in [0.29, 0.717) is 37.3 Å². The maximum Gasteiger partial charge on any atom is 0.255 e. The van der Waals surface area contributed by atoms with Gasteiger partial charge in [-0.05, 0) is 50.5 Å². The van der Waals surface area contributed by atoms with E-state index >= 15 is 0 Å². The topological polar surface area (TPSA) is 71.5 Å². The molecule has 0 bridgehead atoms. The molecule has 0 saturated carbocycles. The number of amides is 2. The van der Waals surface area contributed by atoms with E-state index in [1.54, 1.807) is 23.5 Å². The summed E-state index contributed by atoms with van der Waals surface area (Å²) in [5.74, 6) is 0.532. The summed E-state index contributed by atoms with van der Waals surface area (Å²) in [6, 6.07) is 15.4. The number of rotatable bonds is 8. The van der Waals surface area contributed by atoms with Crippen LogP contribution < -0.4 is 10.1 Å².